The Balaban J connectivity index is 0.00000324. The minimum absolute atomic E-state index is 0. The lowest BCUT2D eigenvalue weighted by atomic mass is 9.91. The van der Waals surface area contributed by atoms with E-state index in [1.165, 1.54) is 17.3 Å². The molecule has 0 aliphatic carbocycles. The van der Waals surface area contributed by atoms with Crippen molar-refractivity contribution >= 4 is 35.0 Å². The highest BCUT2D eigenvalue weighted by Crippen LogP contribution is 2.16. The number of halogens is 1. The fraction of sp³-hybridized carbons (Fsp3) is 0.429. The molecule has 1 aromatic carbocycles. The highest BCUT2D eigenvalue weighted by Gasteiger charge is 2.13. The average Bonchev–Trinajstić information content (AvgIpc) is 2.33. The molecule has 0 fully saturated rings. The Bertz CT molecular complexity index is 436. The molecule has 0 atom stereocenters. The molecule has 0 saturated carbocycles. The summed E-state index contributed by atoms with van der Waals surface area (Å²) < 4.78 is 0. The van der Waals surface area contributed by atoms with Gasteiger partial charge in [0.1, 0.15) is 0 Å². The van der Waals surface area contributed by atoms with E-state index in [4.69, 9.17) is 5.73 Å². The van der Waals surface area contributed by atoms with Crippen molar-refractivity contribution in [2.75, 3.05) is 0 Å². The third-order valence-electron chi connectivity index (χ3n) is 2.61. The first kappa shape index (κ1) is 18.0. The molecule has 0 aromatic heterocycles. The Morgan fingerprint density at radius 3 is 2.26 bits per heavy atom. The summed E-state index contributed by atoms with van der Waals surface area (Å²) in [7, 11) is 0. The van der Waals surface area contributed by atoms with Crippen molar-refractivity contribution < 1.29 is 0 Å². The van der Waals surface area contributed by atoms with Crippen LogP contribution >= 0.6 is 24.2 Å². The molecule has 3 nitrogen and oxygen atoms in total. The van der Waals surface area contributed by atoms with E-state index in [2.05, 4.69) is 43.1 Å². The molecule has 0 aliphatic rings. The quantitative estimate of drug-likeness (QED) is 0.519. The zero-order valence-electron chi connectivity index (χ0n) is 11.9. The number of thioether (sulfide) groups is 1. The van der Waals surface area contributed by atoms with Gasteiger partial charge in [0.25, 0.3) is 0 Å². The van der Waals surface area contributed by atoms with Crippen LogP contribution in [-0.4, -0.2) is 10.9 Å². The van der Waals surface area contributed by atoms with Crippen LogP contribution < -0.4 is 5.73 Å². The molecule has 0 amide bonds. The second-order valence-electron chi connectivity index (χ2n) is 5.15. The largest absolute Gasteiger partial charge is 0.377 e. The van der Waals surface area contributed by atoms with E-state index in [-0.39, 0.29) is 17.8 Å². The van der Waals surface area contributed by atoms with Gasteiger partial charge in [0, 0.05) is 16.9 Å². The topological polar surface area (TPSA) is 50.7 Å². The Morgan fingerprint density at radius 1 is 1.16 bits per heavy atom. The van der Waals surface area contributed by atoms with Gasteiger partial charge in [0.2, 0.25) is 0 Å². The molecule has 0 spiro atoms. The van der Waals surface area contributed by atoms with E-state index in [1.54, 1.807) is 0 Å². The molecule has 0 aliphatic heterocycles. The summed E-state index contributed by atoms with van der Waals surface area (Å²) in [6.45, 7) is 8.29. The van der Waals surface area contributed by atoms with Crippen LogP contribution in [-0.2, 0) is 5.75 Å². The van der Waals surface area contributed by atoms with E-state index in [0.717, 1.165) is 11.5 Å². The van der Waals surface area contributed by atoms with Gasteiger partial charge in [-0.1, -0.05) is 62.9 Å². The molecule has 0 unspecified atom stereocenters. The maximum absolute atomic E-state index is 5.82. The summed E-state index contributed by atoms with van der Waals surface area (Å²) in [5.41, 5.74) is 8.07. The highest BCUT2D eigenvalue weighted by molar-refractivity contribution is 8.13. The van der Waals surface area contributed by atoms with Crippen LogP contribution in [0.15, 0.2) is 40.5 Å². The molecule has 0 bridgehead atoms. The summed E-state index contributed by atoms with van der Waals surface area (Å²) in [5, 5.41) is 8.72. The third kappa shape index (κ3) is 7.23. The summed E-state index contributed by atoms with van der Waals surface area (Å²) in [4.78, 5) is 0. The van der Waals surface area contributed by atoms with Crippen molar-refractivity contribution in [1.29, 1.82) is 0 Å². The van der Waals surface area contributed by atoms with Crippen LogP contribution in [0.1, 0.15) is 33.3 Å². The predicted molar refractivity (Wildman–Crippen MR) is 89.2 cm³/mol. The van der Waals surface area contributed by atoms with Gasteiger partial charge in [-0.3, -0.25) is 0 Å². The van der Waals surface area contributed by atoms with Crippen molar-refractivity contribution in [1.82, 2.24) is 0 Å². The lowest BCUT2D eigenvalue weighted by Gasteiger charge is -2.16. The van der Waals surface area contributed by atoms with Gasteiger partial charge in [0.15, 0.2) is 5.17 Å². The fourth-order valence-electron chi connectivity index (χ4n) is 1.03. The number of amidine groups is 1. The molecule has 0 heterocycles. The molecule has 0 radical (unpaired) electrons. The van der Waals surface area contributed by atoms with E-state index in [9.17, 15) is 0 Å². The van der Waals surface area contributed by atoms with E-state index < -0.39 is 0 Å². The van der Waals surface area contributed by atoms with E-state index in [1.807, 2.05) is 25.1 Å². The van der Waals surface area contributed by atoms with Crippen molar-refractivity contribution in [2.24, 2.45) is 21.4 Å². The van der Waals surface area contributed by atoms with Gasteiger partial charge < -0.3 is 5.73 Å². The van der Waals surface area contributed by atoms with E-state index >= 15 is 0 Å². The minimum Gasteiger partial charge on any atom is -0.377 e. The summed E-state index contributed by atoms with van der Waals surface area (Å²) in [5.74, 6) is 0.820. The molecular formula is C14H22ClN3S. The number of nitrogens with zero attached hydrogens (tertiary/aromatic N) is 2. The number of hydrogen-bond acceptors (Lipinski definition) is 3. The molecule has 5 heteroatoms. The molecule has 106 valence electrons. The Hall–Kier alpha value is -1.00. The maximum atomic E-state index is 5.82. The van der Waals surface area contributed by atoms with E-state index in [0.29, 0.717) is 5.17 Å². The number of benzene rings is 1. The first-order valence-electron chi connectivity index (χ1n) is 5.94. The Labute approximate surface area is 126 Å². The Morgan fingerprint density at radius 2 is 1.74 bits per heavy atom. The second-order valence-corrected chi connectivity index (χ2v) is 6.14. The summed E-state index contributed by atoms with van der Waals surface area (Å²) in [6, 6.07) is 10.2. The maximum Gasteiger partial charge on any atom is 0.180 e. The van der Waals surface area contributed by atoms with Crippen LogP contribution in [0, 0.1) is 5.41 Å². The van der Waals surface area contributed by atoms with Gasteiger partial charge in [-0.25, -0.2) is 0 Å². The highest BCUT2D eigenvalue weighted by atomic mass is 35.5. The molecule has 1 rings (SSSR count). The Kier molecular flexibility index (Phi) is 7.79. The SMILES string of the molecule is C/C(=N/N=C(/N)SCc1ccccc1)C(C)(C)C.Cl. The van der Waals surface area contributed by atoms with Crippen LogP contribution in [0.25, 0.3) is 0 Å². The zero-order chi connectivity index (χ0) is 13.6. The van der Waals surface area contributed by atoms with Gasteiger partial charge in [-0.2, -0.15) is 5.10 Å². The third-order valence-corrected chi connectivity index (χ3v) is 3.47. The predicted octanol–water partition coefficient (Wildman–Crippen LogP) is 4.08. The molecule has 0 saturated heterocycles. The van der Waals surface area contributed by atoms with Crippen LogP contribution in [0.5, 0.6) is 0 Å². The molecular weight excluding hydrogens is 278 g/mol. The van der Waals surface area contributed by atoms with Gasteiger partial charge >= 0.3 is 0 Å². The number of rotatable bonds is 3. The molecule has 2 N–H and O–H groups in total. The standard InChI is InChI=1S/C14H21N3S.ClH/c1-11(14(2,3)4)16-17-13(15)18-10-12-8-6-5-7-9-12;/h5-9H,10H2,1-4H3,(H2,15,17);1H/b16-11-;. The first-order valence-corrected chi connectivity index (χ1v) is 6.93. The fourth-order valence-corrected chi connectivity index (χ4v) is 1.64. The van der Waals surface area contributed by atoms with Crippen LogP contribution in [0.4, 0.5) is 0 Å². The normalized spacial score (nSPS) is 13.1. The van der Waals surface area contributed by atoms with Gasteiger partial charge in [-0.05, 0) is 12.5 Å². The average molecular weight is 300 g/mol. The van der Waals surface area contributed by atoms with Crippen LogP contribution in [0.3, 0.4) is 0 Å². The smallest absolute Gasteiger partial charge is 0.180 e. The molecule has 1 aromatic rings. The lowest BCUT2D eigenvalue weighted by Crippen LogP contribution is -2.16. The summed E-state index contributed by atoms with van der Waals surface area (Å²) in [6.07, 6.45) is 0. The zero-order valence-corrected chi connectivity index (χ0v) is 13.5. The van der Waals surface area contributed by atoms with Crippen molar-refractivity contribution in [2.45, 2.75) is 33.4 Å². The van der Waals surface area contributed by atoms with Crippen LogP contribution in [0.2, 0.25) is 0 Å². The first-order chi connectivity index (χ1) is 8.39. The van der Waals surface area contributed by atoms with Crippen molar-refractivity contribution in [3.8, 4) is 0 Å². The lowest BCUT2D eigenvalue weighted by molar-refractivity contribution is 0.585. The minimum atomic E-state index is 0. The van der Waals surface area contributed by atoms with Gasteiger partial charge in [-0.15, -0.1) is 17.5 Å². The van der Waals surface area contributed by atoms with Gasteiger partial charge in [0.05, 0.1) is 0 Å². The van der Waals surface area contributed by atoms with Crippen molar-refractivity contribution in [3.05, 3.63) is 35.9 Å². The number of hydrogen-bond donors (Lipinski definition) is 1. The monoisotopic (exact) mass is 299 g/mol. The molecule has 19 heavy (non-hydrogen) atoms. The van der Waals surface area contributed by atoms with Crippen molar-refractivity contribution in [3.63, 3.8) is 0 Å². The second kappa shape index (κ2) is 8.23. The number of nitrogens with two attached hydrogens (primary N) is 1. The summed E-state index contributed by atoms with van der Waals surface area (Å²) >= 11 is 1.50.